The van der Waals surface area contributed by atoms with Crippen molar-refractivity contribution in [1.29, 1.82) is 0 Å². The molecule has 0 radical (unpaired) electrons. The molecular weight excluding hydrogens is 571 g/mol. The topological polar surface area (TPSA) is 100 Å². The molecule has 1 aliphatic rings. The molecule has 4 heterocycles. The summed E-state index contributed by atoms with van der Waals surface area (Å²) in [7, 11) is 1.49. The Morgan fingerprint density at radius 2 is 1.81 bits per heavy atom. The predicted octanol–water partition coefficient (Wildman–Crippen LogP) is 5.70. The maximum atomic E-state index is 14.3. The number of ketones is 1. The highest BCUT2D eigenvalue weighted by molar-refractivity contribution is 7.15. The number of amides is 1. The molecule has 5 rings (SSSR count). The van der Waals surface area contributed by atoms with E-state index in [0.717, 1.165) is 12.5 Å². The Hall–Kier alpha value is -4.39. The molecular formula is C29H28F3N5O4S. The largest absolute Gasteiger partial charge is 0.513 e. The second-order valence-corrected chi connectivity index (χ2v) is 11.1. The maximum Gasteiger partial charge on any atom is 0.433 e. The number of aliphatic hydroxyl groups is 1. The van der Waals surface area contributed by atoms with Crippen LogP contribution in [0.3, 0.4) is 0 Å². The second-order valence-electron chi connectivity index (χ2n) is 9.98. The first-order chi connectivity index (χ1) is 19.9. The maximum absolute atomic E-state index is 14.3. The van der Waals surface area contributed by atoms with Crippen LogP contribution in [0.15, 0.2) is 48.9 Å². The van der Waals surface area contributed by atoms with Gasteiger partial charge in [0.2, 0.25) is 0 Å². The Bertz CT molecular complexity index is 1690. The highest BCUT2D eigenvalue weighted by atomic mass is 32.1. The standard InChI is InChI=1S/C29H28F3N5O4S/c1-16-14-35(22(15-38)24-10-9-23(42-24)18(3)39)11-12-36(16)28(40)21-13-33-37-26(29(30,31)32)17(2)25(34-27(21)37)19-5-7-20(41-4)8-6-19/h5-10,13,15-16,38H,11-12,14H2,1-4H3/b22-15+/t16-/m1/s1. The normalized spacial score (nSPS) is 16.3. The van der Waals surface area contributed by atoms with Gasteiger partial charge >= 0.3 is 6.18 Å². The number of halogens is 3. The molecule has 1 fully saturated rings. The SMILES string of the molecule is COc1ccc(-c2nc3c(C(=O)N4CCN(/C(=C/O)c5ccc(C(C)=O)s5)C[C@H]4C)cnn3c(C(F)(F)F)c2C)cc1. The molecule has 1 N–H and O–H groups in total. The first kappa shape index (κ1) is 29.1. The molecule has 220 valence electrons. The number of hydrogen-bond donors (Lipinski definition) is 1. The van der Waals surface area contributed by atoms with Gasteiger partial charge in [-0.15, -0.1) is 11.3 Å². The van der Waals surface area contributed by atoms with Gasteiger partial charge in [0.25, 0.3) is 5.91 Å². The third-order valence-corrected chi connectivity index (χ3v) is 8.51. The van der Waals surface area contributed by atoms with E-state index in [9.17, 15) is 27.9 Å². The van der Waals surface area contributed by atoms with Crippen molar-refractivity contribution >= 4 is 34.4 Å². The third kappa shape index (κ3) is 5.20. The van der Waals surface area contributed by atoms with Crippen molar-refractivity contribution in [2.45, 2.75) is 33.0 Å². The van der Waals surface area contributed by atoms with E-state index in [-0.39, 0.29) is 40.8 Å². The van der Waals surface area contributed by atoms with Crippen LogP contribution in [0.1, 0.15) is 50.0 Å². The summed E-state index contributed by atoms with van der Waals surface area (Å²) in [6, 6.07) is 9.58. The van der Waals surface area contributed by atoms with Crippen molar-refractivity contribution in [2.24, 2.45) is 0 Å². The van der Waals surface area contributed by atoms with Gasteiger partial charge in [-0.05, 0) is 57.2 Å². The van der Waals surface area contributed by atoms with Crippen LogP contribution < -0.4 is 4.74 Å². The molecule has 0 bridgehead atoms. The number of benzene rings is 1. The van der Waals surface area contributed by atoms with E-state index in [1.165, 1.54) is 32.3 Å². The minimum absolute atomic E-state index is 0.0437. The summed E-state index contributed by atoms with van der Waals surface area (Å²) >= 11 is 1.26. The molecule has 1 aliphatic heterocycles. The van der Waals surface area contributed by atoms with Crippen LogP contribution in [0.4, 0.5) is 13.2 Å². The van der Waals surface area contributed by atoms with Crippen LogP contribution in [0, 0.1) is 6.92 Å². The summed E-state index contributed by atoms with van der Waals surface area (Å²) in [6.45, 7) is 5.57. The van der Waals surface area contributed by atoms with Crippen molar-refractivity contribution < 1.29 is 32.6 Å². The fourth-order valence-electron chi connectivity index (χ4n) is 5.19. The van der Waals surface area contributed by atoms with Gasteiger partial charge in [-0.3, -0.25) is 9.59 Å². The summed E-state index contributed by atoms with van der Waals surface area (Å²) < 4.78 is 48.8. The average Bonchev–Trinajstić information content (AvgIpc) is 3.60. The molecule has 0 saturated carbocycles. The summed E-state index contributed by atoms with van der Waals surface area (Å²) in [5, 5.41) is 13.9. The van der Waals surface area contributed by atoms with Gasteiger partial charge in [-0.2, -0.15) is 18.3 Å². The van der Waals surface area contributed by atoms with Crippen LogP contribution in [0.25, 0.3) is 22.6 Å². The summed E-state index contributed by atoms with van der Waals surface area (Å²) in [4.78, 5) is 34.8. The Morgan fingerprint density at radius 1 is 1.12 bits per heavy atom. The van der Waals surface area contributed by atoms with E-state index in [4.69, 9.17) is 4.74 Å². The van der Waals surface area contributed by atoms with Crippen molar-refractivity contribution in [3.05, 3.63) is 75.4 Å². The number of piperazine rings is 1. The molecule has 0 spiro atoms. The van der Waals surface area contributed by atoms with Crippen LogP contribution in [-0.4, -0.2) is 74.0 Å². The van der Waals surface area contributed by atoms with Gasteiger partial charge < -0.3 is 19.6 Å². The predicted molar refractivity (Wildman–Crippen MR) is 152 cm³/mol. The fourth-order valence-corrected chi connectivity index (χ4v) is 6.13. The average molecular weight is 600 g/mol. The van der Waals surface area contributed by atoms with Gasteiger partial charge in [-0.25, -0.2) is 9.50 Å². The zero-order chi connectivity index (χ0) is 30.3. The number of alkyl halides is 3. The number of aliphatic hydroxyl groups excluding tert-OH is 1. The van der Waals surface area contributed by atoms with Crippen LogP contribution in [0.2, 0.25) is 0 Å². The smallest absolute Gasteiger partial charge is 0.433 e. The van der Waals surface area contributed by atoms with Gasteiger partial charge in [-0.1, -0.05) is 0 Å². The molecule has 4 aromatic rings. The number of rotatable bonds is 6. The van der Waals surface area contributed by atoms with Crippen LogP contribution in [0.5, 0.6) is 5.75 Å². The number of ether oxygens (including phenoxy) is 1. The van der Waals surface area contributed by atoms with Crippen molar-refractivity contribution in [3.8, 4) is 17.0 Å². The third-order valence-electron chi connectivity index (χ3n) is 7.30. The zero-order valence-corrected chi connectivity index (χ0v) is 24.1. The quantitative estimate of drug-likeness (QED) is 0.224. The Kier molecular flexibility index (Phi) is 7.71. The fraction of sp³-hybridized carbons (Fsp3) is 0.310. The van der Waals surface area contributed by atoms with Crippen molar-refractivity contribution in [1.82, 2.24) is 24.4 Å². The molecule has 1 aromatic carbocycles. The molecule has 0 aliphatic carbocycles. The first-order valence-electron chi connectivity index (χ1n) is 13.1. The molecule has 42 heavy (non-hydrogen) atoms. The van der Waals surface area contributed by atoms with Crippen molar-refractivity contribution in [3.63, 3.8) is 0 Å². The van der Waals surface area contributed by atoms with E-state index in [0.29, 0.717) is 44.4 Å². The molecule has 1 amide bonds. The molecule has 0 unspecified atom stereocenters. The van der Waals surface area contributed by atoms with Gasteiger partial charge in [0.15, 0.2) is 17.1 Å². The molecule has 1 atom stereocenters. The van der Waals surface area contributed by atoms with Gasteiger partial charge in [0.05, 0.1) is 34.5 Å². The first-order valence-corrected chi connectivity index (χ1v) is 13.9. The number of nitrogens with zero attached hydrogens (tertiary/aromatic N) is 5. The zero-order valence-electron chi connectivity index (χ0n) is 23.3. The highest BCUT2D eigenvalue weighted by Gasteiger charge is 2.39. The summed E-state index contributed by atoms with van der Waals surface area (Å²) in [5.41, 5.74) is -0.305. The van der Waals surface area contributed by atoms with Crippen molar-refractivity contribution in [2.75, 3.05) is 26.7 Å². The lowest BCUT2D eigenvalue weighted by molar-refractivity contribution is -0.143. The van der Waals surface area contributed by atoms with Gasteiger partial charge in [0, 0.05) is 36.8 Å². The molecule has 13 heteroatoms. The molecule has 1 saturated heterocycles. The Morgan fingerprint density at radius 3 is 2.38 bits per heavy atom. The second kappa shape index (κ2) is 11.1. The molecule has 9 nitrogen and oxygen atoms in total. The van der Waals surface area contributed by atoms with E-state index >= 15 is 0 Å². The Labute approximate surface area is 243 Å². The minimum Gasteiger partial charge on any atom is -0.513 e. The number of fused-ring (bicyclic) bond motifs is 1. The minimum atomic E-state index is -4.76. The van der Waals surface area contributed by atoms with Crippen LogP contribution in [-0.2, 0) is 6.18 Å². The highest BCUT2D eigenvalue weighted by Crippen LogP contribution is 2.37. The van der Waals surface area contributed by atoms with E-state index in [1.807, 2.05) is 11.8 Å². The van der Waals surface area contributed by atoms with Crippen LogP contribution >= 0.6 is 11.3 Å². The number of thiophene rings is 1. The number of hydrogen-bond acceptors (Lipinski definition) is 8. The number of carbonyl (C=O) groups excluding carboxylic acids is 2. The molecule has 3 aromatic heterocycles. The summed E-state index contributed by atoms with van der Waals surface area (Å²) in [6.07, 6.45) is -2.64. The van der Waals surface area contributed by atoms with Gasteiger partial charge in [0.1, 0.15) is 17.6 Å². The van der Waals surface area contributed by atoms with E-state index in [1.54, 1.807) is 41.3 Å². The lowest BCUT2D eigenvalue weighted by Gasteiger charge is -2.41. The van der Waals surface area contributed by atoms with E-state index in [2.05, 4.69) is 10.1 Å². The lowest BCUT2D eigenvalue weighted by atomic mass is 10.0. The monoisotopic (exact) mass is 599 g/mol. The number of carbonyl (C=O) groups is 2. The lowest BCUT2D eigenvalue weighted by Crippen LogP contribution is -2.53. The summed E-state index contributed by atoms with van der Waals surface area (Å²) in [5.74, 6) is -0.0281. The Balaban J connectivity index is 1.48. The van der Waals surface area contributed by atoms with E-state index < -0.39 is 17.8 Å². The number of methoxy groups -OCH3 is 1. The number of Topliss-reactive ketones (excluding diaryl/α,β-unsaturated/α-hetero) is 1. The number of aromatic nitrogens is 3.